The van der Waals surface area contributed by atoms with Crippen molar-refractivity contribution in [1.82, 2.24) is 20.8 Å². The Morgan fingerprint density at radius 1 is 1.32 bits per heavy atom. The number of ether oxygens (including phenoxy) is 3. The zero-order chi connectivity index (χ0) is 19.5. The van der Waals surface area contributed by atoms with Crippen LogP contribution in [-0.4, -0.2) is 67.7 Å². The minimum absolute atomic E-state index is 0.126. The van der Waals surface area contributed by atoms with Crippen molar-refractivity contribution >= 4 is 5.82 Å². The zero-order valence-electron chi connectivity index (χ0n) is 17.1. The topological polar surface area (TPSA) is 80.8 Å². The van der Waals surface area contributed by atoms with Crippen LogP contribution in [0.3, 0.4) is 0 Å². The number of nitrogens with one attached hydrogen (secondary N) is 2. The highest BCUT2D eigenvalue weighted by atomic mass is 16.5. The van der Waals surface area contributed by atoms with E-state index >= 15 is 0 Å². The quantitative estimate of drug-likeness (QED) is 0.754. The maximum Gasteiger partial charge on any atom is 0.132 e. The first-order valence-corrected chi connectivity index (χ1v) is 10.5. The summed E-state index contributed by atoms with van der Waals surface area (Å²) in [6.45, 7) is 7.25. The van der Waals surface area contributed by atoms with E-state index in [0.717, 1.165) is 50.5 Å². The molecule has 6 atom stereocenters. The molecule has 3 aliphatic rings. The molecule has 1 aromatic rings. The van der Waals surface area contributed by atoms with Crippen molar-refractivity contribution < 1.29 is 14.2 Å². The Labute approximate surface area is 167 Å². The Kier molecular flexibility index (Phi) is 6.42. The van der Waals surface area contributed by atoms with Gasteiger partial charge in [-0.3, -0.25) is 5.43 Å². The van der Waals surface area contributed by atoms with Gasteiger partial charge in [0.15, 0.2) is 0 Å². The third kappa shape index (κ3) is 4.31. The highest BCUT2D eigenvalue weighted by Gasteiger charge is 2.42. The lowest BCUT2D eigenvalue weighted by molar-refractivity contribution is -0.0623. The van der Waals surface area contributed by atoms with Crippen LogP contribution in [0.15, 0.2) is 12.4 Å². The molecule has 3 fully saturated rings. The van der Waals surface area contributed by atoms with Gasteiger partial charge in [-0.1, -0.05) is 0 Å². The van der Waals surface area contributed by atoms with E-state index in [9.17, 15) is 0 Å². The van der Waals surface area contributed by atoms with Crippen molar-refractivity contribution in [2.45, 2.75) is 63.4 Å². The van der Waals surface area contributed by atoms with E-state index in [4.69, 9.17) is 14.2 Å². The lowest BCUT2D eigenvalue weighted by Crippen LogP contribution is -2.44. The van der Waals surface area contributed by atoms with Crippen LogP contribution in [0.25, 0.3) is 0 Å². The van der Waals surface area contributed by atoms with Crippen LogP contribution in [0.4, 0.5) is 5.82 Å². The molecule has 28 heavy (non-hydrogen) atoms. The molecular formula is C20H33N5O3. The van der Waals surface area contributed by atoms with E-state index in [1.807, 2.05) is 0 Å². The normalized spacial score (nSPS) is 34.2. The van der Waals surface area contributed by atoms with E-state index in [1.165, 1.54) is 0 Å². The summed E-state index contributed by atoms with van der Waals surface area (Å²) in [6, 6.07) is 3.10. The minimum atomic E-state index is 0.126. The number of rotatable bonds is 6. The third-order valence-corrected chi connectivity index (χ3v) is 6.18. The summed E-state index contributed by atoms with van der Waals surface area (Å²) < 4.78 is 17.0. The largest absolute Gasteiger partial charge is 0.382 e. The van der Waals surface area contributed by atoms with Gasteiger partial charge in [-0.25, -0.2) is 15.4 Å². The number of nitrogens with zero attached hydrogens (tertiary/aromatic N) is 3. The van der Waals surface area contributed by atoms with Crippen LogP contribution in [0.2, 0.25) is 0 Å². The fourth-order valence-electron chi connectivity index (χ4n) is 4.79. The molecule has 0 radical (unpaired) electrons. The molecule has 156 valence electrons. The molecule has 1 saturated carbocycles. The van der Waals surface area contributed by atoms with Gasteiger partial charge >= 0.3 is 0 Å². The van der Waals surface area contributed by atoms with Gasteiger partial charge in [0.25, 0.3) is 0 Å². The first kappa shape index (κ1) is 20.0. The lowest BCUT2D eigenvalue weighted by atomic mass is 9.79. The predicted octanol–water partition coefficient (Wildman–Crippen LogP) is 1.44. The molecule has 4 unspecified atom stereocenters. The molecular weight excluding hydrogens is 358 g/mol. The molecule has 3 heterocycles. The van der Waals surface area contributed by atoms with Crippen LogP contribution in [0, 0.1) is 5.92 Å². The number of aromatic nitrogens is 2. The van der Waals surface area contributed by atoms with Gasteiger partial charge in [0.2, 0.25) is 0 Å². The average Bonchev–Trinajstić information content (AvgIpc) is 3.12. The molecule has 2 saturated heterocycles. The fraction of sp³-hybridized carbons (Fsp3) is 0.800. The smallest absolute Gasteiger partial charge is 0.132 e. The molecule has 2 aliphatic heterocycles. The summed E-state index contributed by atoms with van der Waals surface area (Å²) in [5.74, 6) is 1.45. The van der Waals surface area contributed by atoms with Crippen molar-refractivity contribution in [1.29, 1.82) is 0 Å². The summed E-state index contributed by atoms with van der Waals surface area (Å²) in [5, 5.41) is 0. The van der Waals surface area contributed by atoms with E-state index in [-0.39, 0.29) is 18.2 Å². The second-order valence-electron chi connectivity index (χ2n) is 8.29. The van der Waals surface area contributed by atoms with Crippen molar-refractivity contribution in [3.63, 3.8) is 0 Å². The number of morpholine rings is 1. The Balaban J connectivity index is 1.46. The standard InChI is InChI=1S/C20H33N5O3/c1-13-10-27-7-6-25(13)19-9-18(21-12-22-19)20-16-8-15(28-14(2)11-26-3)4-5-17(16)23-24-20/h9,12-17,20,23-24H,4-8,10-11H2,1-3H3/t13-,14-,15?,16?,17?,20?/m0/s1. The fourth-order valence-corrected chi connectivity index (χ4v) is 4.79. The Bertz CT molecular complexity index is 648. The van der Waals surface area contributed by atoms with Gasteiger partial charge in [-0.15, -0.1) is 0 Å². The van der Waals surface area contributed by atoms with Gasteiger partial charge in [0.1, 0.15) is 12.1 Å². The monoisotopic (exact) mass is 391 g/mol. The molecule has 1 aliphatic carbocycles. The Morgan fingerprint density at radius 2 is 2.21 bits per heavy atom. The first-order chi connectivity index (χ1) is 13.7. The van der Waals surface area contributed by atoms with E-state index in [2.05, 4.69) is 45.6 Å². The molecule has 0 aromatic carbocycles. The van der Waals surface area contributed by atoms with Crippen LogP contribution < -0.4 is 15.8 Å². The van der Waals surface area contributed by atoms with Crippen molar-refractivity contribution in [2.75, 3.05) is 38.4 Å². The lowest BCUT2D eigenvalue weighted by Gasteiger charge is -2.35. The number of hydrazine groups is 1. The van der Waals surface area contributed by atoms with Gasteiger partial charge in [0.05, 0.1) is 49.8 Å². The van der Waals surface area contributed by atoms with E-state index < -0.39 is 0 Å². The van der Waals surface area contributed by atoms with E-state index in [1.54, 1.807) is 13.4 Å². The second-order valence-corrected chi connectivity index (χ2v) is 8.29. The molecule has 0 amide bonds. The summed E-state index contributed by atoms with van der Waals surface area (Å²) >= 11 is 0. The van der Waals surface area contributed by atoms with Crippen LogP contribution in [-0.2, 0) is 14.2 Å². The first-order valence-electron chi connectivity index (χ1n) is 10.5. The van der Waals surface area contributed by atoms with Gasteiger partial charge in [-0.05, 0) is 33.1 Å². The van der Waals surface area contributed by atoms with Gasteiger partial charge in [0, 0.05) is 31.7 Å². The van der Waals surface area contributed by atoms with Crippen LogP contribution in [0.1, 0.15) is 44.8 Å². The zero-order valence-corrected chi connectivity index (χ0v) is 17.1. The maximum absolute atomic E-state index is 6.22. The molecule has 4 rings (SSSR count). The highest BCUT2D eigenvalue weighted by Crippen LogP contribution is 2.39. The summed E-state index contributed by atoms with van der Waals surface area (Å²) in [4.78, 5) is 11.5. The van der Waals surface area contributed by atoms with Crippen LogP contribution >= 0.6 is 0 Å². The summed E-state index contributed by atoms with van der Waals surface area (Å²) in [6.07, 6.45) is 5.31. The van der Waals surface area contributed by atoms with Crippen LogP contribution in [0.5, 0.6) is 0 Å². The number of fused-ring (bicyclic) bond motifs is 1. The molecule has 0 bridgehead atoms. The average molecular weight is 392 g/mol. The summed E-state index contributed by atoms with van der Waals surface area (Å²) in [5.41, 5.74) is 8.03. The Morgan fingerprint density at radius 3 is 3.04 bits per heavy atom. The number of anilines is 1. The third-order valence-electron chi connectivity index (χ3n) is 6.18. The molecule has 0 spiro atoms. The molecule has 2 N–H and O–H groups in total. The summed E-state index contributed by atoms with van der Waals surface area (Å²) in [7, 11) is 1.72. The SMILES string of the molecule is COC[C@H](C)OC1CCC2NNC(c3cc(N4CCOC[C@@H]4C)ncn3)C2C1. The van der Waals surface area contributed by atoms with E-state index in [0.29, 0.717) is 24.6 Å². The highest BCUT2D eigenvalue weighted by molar-refractivity contribution is 5.41. The molecule has 8 heteroatoms. The van der Waals surface area contributed by atoms with Crippen molar-refractivity contribution in [3.8, 4) is 0 Å². The number of hydrogen-bond donors (Lipinski definition) is 2. The van der Waals surface area contributed by atoms with Gasteiger partial charge < -0.3 is 19.1 Å². The predicted molar refractivity (Wildman–Crippen MR) is 106 cm³/mol. The van der Waals surface area contributed by atoms with Crippen molar-refractivity contribution in [3.05, 3.63) is 18.1 Å². The number of methoxy groups -OCH3 is 1. The Hall–Kier alpha value is -1.32. The van der Waals surface area contributed by atoms with Crippen molar-refractivity contribution in [2.24, 2.45) is 5.92 Å². The molecule has 1 aromatic heterocycles. The molecule has 8 nitrogen and oxygen atoms in total. The minimum Gasteiger partial charge on any atom is -0.382 e. The van der Waals surface area contributed by atoms with Gasteiger partial charge in [-0.2, -0.15) is 0 Å². The maximum atomic E-state index is 6.22. The number of hydrogen-bond acceptors (Lipinski definition) is 8. The second kappa shape index (κ2) is 9.00.